The minimum Gasteiger partial charge on any atom is -0.311 e. The van der Waals surface area contributed by atoms with Crippen molar-refractivity contribution in [3.63, 3.8) is 0 Å². The predicted octanol–water partition coefficient (Wildman–Crippen LogP) is 2.08. The Hall–Kier alpha value is -1.21. The lowest BCUT2D eigenvalue weighted by atomic mass is 10.0. The Balaban J connectivity index is 1.36. The number of likely N-dealkylation sites (tertiary alicyclic amines) is 1. The maximum Gasteiger partial charge on any atom is 0.208 e. The smallest absolute Gasteiger partial charge is 0.208 e. The zero-order valence-electron chi connectivity index (χ0n) is 15.8. The topological polar surface area (TPSA) is 61.4 Å². The predicted molar refractivity (Wildman–Crippen MR) is 107 cm³/mol. The van der Waals surface area contributed by atoms with E-state index in [-0.39, 0.29) is 0 Å². The Morgan fingerprint density at radius 3 is 2.58 bits per heavy atom. The number of hydrogen-bond donors (Lipinski definition) is 2. The Kier molecular flexibility index (Phi) is 6.51. The van der Waals surface area contributed by atoms with Crippen molar-refractivity contribution in [3.05, 3.63) is 41.5 Å². The van der Waals surface area contributed by atoms with Gasteiger partial charge in [0.2, 0.25) is 10.0 Å². The fraction of sp³-hybridized carbons (Fsp3) is 0.600. The molecule has 0 aromatic heterocycles. The van der Waals surface area contributed by atoms with Gasteiger partial charge in [-0.25, -0.2) is 13.1 Å². The van der Waals surface area contributed by atoms with E-state index in [9.17, 15) is 8.42 Å². The number of hydrogen-bond acceptors (Lipinski definition) is 4. The third-order valence-corrected chi connectivity index (χ3v) is 6.13. The minimum atomic E-state index is -3.07. The van der Waals surface area contributed by atoms with E-state index in [1.165, 1.54) is 23.8 Å². The van der Waals surface area contributed by atoms with Crippen molar-refractivity contribution in [1.29, 1.82) is 0 Å². The average Bonchev–Trinajstić information content (AvgIpc) is 3.36. The first kappa shape index (κ1) is 19.5. The molecule has 1 heterocycles. The lowest BCUT2D eigenvalue weighted by Gasteiger charge is -2.32. The van der Waals surface area contributed by atoms with Gasteiger partial charge in [-0.2, -0.15) is 0 Å². The molecule has 1 aliphatic heterocycles. The van der Waals surface area contributed by atoms with Crippen molar-refractivity contribution in [3.8, 4) is 0 Å². The van der Waals surface area contributed by atoms with Crippen LogP contribution in [0.1, 0.15) is 31.7 Å². The van der Waals surface area contributed by atoms with Gasteiger partial charge in [0.1, 0.15) is 0 Å². The van der Waals surface area contributed by atoms with Crippen LogP contribution < -0.4 is 10.0 Å². The van der Waals surface area contributed by atoms with Gasteiger partial charge in [-0.1, -0.05) is 42.0 Å². The summed E-state index contributed by atoms with van der Waals surface area (Å²) in [5, 5.41) is 3.83. The molecule has 1 aromatic carbocycles. The summed E-state index contributed by atoms with van der Waals surface area (Å²) in [5.74, 6) is 0.673. The van der Waals surface area contributed by atoms with E-state index in [2.05, 4.69) is 58.3 Å². The van der Waals surface area contributed by atoms with Gasteiger partial charge < -0.3 is 10.2 Å². The molecule has 0 radical (unpaired) electrons. The Morgan fingerprint density at radius 2 is 1.92 bits per heavy atom. The van der Waals surface area contributed by atoms with Gasteiger partial charge in [-0.3, -0.25) is 0 Å². The van der Waals surface area contributed by atoms with Crippen molar-refractivity contribution < 1.29 is 8.42 Å². The van der Waals surface area contributed by atoms with E-state index in [0.717, 1.165) is 32.5 Å². The maximum absolute atomic E-state index is 11.1. The minimum absolute atomic E-state index is 0.505. The summed E-state index contributed by atoms with van der Waals surface area (Å²) in [7, 11) is -3.07. The molecule has 1 saturated carbocycles. The Bertz CT molecular complexity index is 710. The summed E-state index contributed by atoms with van der Waals surface area (Å²) in [4.78, 5) is 2.35. The first-order valence-corrected chi connectivity index (χ1v) is 11.5. The van der Waals surface area contributed by atoms with Gasteiger partial charge in [0.05, 0.1) is 6.26 Å². The molecular formula is C20H31N3O2S. The average molecular weight is 378 g/mol. The summed E-state index contributed by atoms with van der Waals surface area (Å²) in [6.07, 6.45) is 7.05. The fourth-order valence-corrected chi connectivity index (χ4v) is 4.28. The van der Waals surface area contributed by atoms with Crippen molar-refractivity contribution in [2.75, 3.05) is 32.4 Å². The quantitative estimate of drug-likeness (QED) is 0.728. The number of benzene rings is 1. The summed E-state index contributed by atoms with van der Waals surface area (Å²) >= 11 is 0. The van der Waals surface area contributed by atoms with Crippen LogP contribution in [0.25, 0.3) is 6.08 Å². The molecular weight excluding hydrogens is 346 g/mol. The summed E-state index contributed by atoms with van der Waals surface area (Å²) in [6.45, 7) is 5.63. The van der Waals surface area contributed by atoms with Crippen LogP contribution >= 0.6 is 0 Å². The van der Waals surface area contributed by atoms with Crippen LogP contribution in [0.3, 0.4) is 0 Å². The maximum atomic E-state index is 11.1. The van der Waals surface area contributed by atoms with Crippen LogP contribution in [0, 0.1) is 5.92 Å². The largest absolute Gasteiger partial charge is 0.311 e. The first-order valence-electron chi connectivity index (χ1n) is 9.57. The normalized spacial score (nSPS) is 25.4. The molecule has 2 N–H and O–H groups in total. The lowest BCUT2D eigenvalue weighted by molar-refractivity contribution is 0.199. The van der Waals surface area contributed by atoms with E-state index in [1.807, 2.05) is 0 Å². The Labute approximate surface area is 157 Å². The van der Waals surface area contributed by atoms with Gasteiger partial charge in [-0.05, 0) is 50.8 Å². The van der Waals surface area contributed by atoms with Gasteiger partial charge >= 0.3 is 0 Å². The second-order valence-electron chi connectivity index (χ2n) is 7.70. The molecule has 5 nitrogen and oxygen atoms in total. The molecule has 144 valence electrons. The van der Waals surface area contributed by atoms with E-state index in [1.54, 1.807) is 0 Å². The van der Waals surface area contributed by atoms with Gasteiger partial charge in [0.25, 0.3) is 0 Å². The van der Waals surface area contributed by atoms with E-state index in [4.69, 9.17) is 0 Å². The number of rotatable bonds is 8. The van der Waals surface area contributed by atoms with Crippen molar-refractivity contribution in [2.24, 2.45) is 5.92 Å². The summed E-state index contributed by atoms with van der Waals surface area (Å²) in [5.41, 5.74) is 2.75. The lowest BCUT2D eigenvalue weighted by Crippen LogP contribution is -2.45. The second-order valence-corrected chi connectivity index (χ2v) is 9.53. The van der Waals surface area contributed by atoms with Crippen molar-refractivity contribution >= 4 is 16.1 Å². The molecule has 1 aliphatic carbocycles. The summed E-state index contributed by atoms with van der Waals surface area (Å²) < 4.78 is 24.8. The molecule has 6 heteroatoms. The van der Waals surface area contributed by atoms with Crippen molar-refractivity contribution in [1.82, 2.24) is 14.9 Å². The monoisotopic (exact) mass is 377 g/mol. The Morgan fingerprint density at radius 1 is 1.23 bits per heavy atom. The molecule has 0 bridgehead atoms. The summed E-state index contributed by atoms with van der Waals surface area (Å²) in [6, 6.07) is 11.7. The molecule has 2 aliphatic rings. The van der Waals surface area contributed by atoms with Gasteiger partial charge in [0, 0.05) is 25.2 Å². The fourth-order valence-electron chi connectivity index (χ4n) is 3.82. The highest BCUT2D eigenvalue weighted by Crippen LogP contribution is 2.38. The van der Waals surface area contributed by atoms with E-state index < -0.39 is 10.0 Å². The third kappa shape index (κ3) is 6.20. The number of piperidine rings is 1. The number of nitrogens with one attached hydrogen (secondary N) is 2. The van der Waals surface area contributed by atoms with Crippen LogP contribution in [0.4, 0.5) is 0 Å². The van der Waals surface area contributed by atoms with Crippen LogP contribution in [0.15, 0.2) is 35.9 Å². The van der Waals surface area contributed by atoms with Crippen LogP contribution in [-0.2, 0) is 10.0 Å². The molecule has 2 fully saturated rings. The molecule has 2 atom stereocenters. The standard InChI is InChI=1S/C20H31N3O2S/c1-16(14-17-6-4-3-5-7-17)19-15-20(19)22-18-8-11-23(12-9-18)13-10-21-26(2,24)25/h3-7,14,18-22H,8-13,15H2,1-2H3/t19?,20-/m0/s1. The van der Waals surface area contributed by atoms with E-state index >= 15 is 0 Å². The van der Waals surface area contributed by atoms with Gasteiger partial charge in [0.15, 0.2) is 0 Å². The zero-order valence-corrected chi connectivity index (χ0v) is 16.6. The molecule has 0 spiro atoms. The van der Waals surface area contributed by atoms with Crippen molar-refractivity contribution in [2.45, 2.75) is 38.3 Å². The SMILES string of the molecule is CC(=Cc1ccccc1)C1C[C@@H]1NC1CCN(CCNS(C)(=O)=O)CC1. The zero-order chi connectivity index (χ0) is 18.6. The van der Waals surface area contributed by atoms with Gasteiger partial charge in [-0.15, -0.1) is 0 Å². The van der Waals surface area contributed by atoms with Crippen LogP contribution in [0.2, 0.25) is 0 Å². The van der Waals surface area contributed by atoms with Crippen LogP contribution in [-0.4, -0.2) is 57.8 Å². The van der Waals surface area contributed by atoms with Crippen LogP contribution in [0.5, 0.6) is 0 Å². The third-order valence-electron chi connectivity index (χ3n) is 5.40. The molecule has 1 unspecified atom stereocenters. The highest BCUT2D eigenvalue weighted by Gasteiger charge is 2.39. The highest BCUT2D eigenvalue weighted by atomic mass is 32.2. The molecule has 3 rings (SSSR count). The molecule has 0 amide bonds. The highest BCUT2D eigenvalue weighted by molar-refractivity contribution is 7.88. The molecule has 1 aromatic rings. The second kappa shape index (κ2) is 8.65. The number of nitrogens with zero attached hydrogens (tertiary/aromatic N) is 1. The molecule has 26 heavy (non-hydrogen) atoms. The first-order chi connectivity index (χ1) is 12.4. The number of sulfonamides is 1. The molecule has 1 saturated heterocycles. The van der Waals surface area contributed by atoms with E-state index in [0.29, 0.717) is 24.5 Å².